The first-order valence-electron chi connectivity index (χ1n) is 10.2. The molecule has 0 bridgehead atoms. The molecule has 1 fully saturated rings. The second-order valence-corrected chi connectivity index (χ2v) is 7.42. The van der Waals surface area contributed by atoms with Crippen LogP contribution in [0.3, 0.4) is 0 Å². The van der Waals surface area contributed by atoms with Gasteiger partial charge in [0.05, 0.1) is 6.54 Å². The van der Waals surface area contributed by atoms with Gasteiger partial charge in [-0.15, -0.1) is 24.0 Å². The Bertz CT molecular complexity index is 983. The second kappa shape index (κ2) is 12.3. The zero-order valence-electron chi connectivity index (χ0n) is 18.1. The Morgan fingerprint density at radius 3 is 2.39 bits per heavy atom. The van der Waals surface area contributed by atoms with Gasteiger partial charge < -0.3 is 26.6 Å². The standard InChI is InChI=1S/C22H26F2N6O2.HI/c1-26-22(28-11-14-5-7-15(8-6-14)21(32)27-12-19(25)31)29-16-9-10-30(13-16)20-17(23)3-2-4-18(20)24;/h2-8,16H,9-13H2,1H3,(H2,25,31)(H,27,32)(H2,26,28,29);1H. The molecule has 0 radical (unpaired) electrons. The number of carbonyl (C=O) groups is 2. The minimum atomic E-state index is -0.609. The zero-order chi connectivity index (χ0) is 23.1. The zero-order valence-corrected chi connectivity index (χ0v) is 20.4. The molecule has 1 aliphatic rings. The monoisotopic (exact) mass is 572 g/mol. The van der Waals surface area contributed by atoms with Crippen LogP contribution in [-0.2, 0) is 11.3 Å². The maximum atomic E-state index is 14.0. The Hall–Kier alpha value is -2.96. The Balaban J connectivity index is 0.00000385. The fourth-order valence-corrected chi connectivity index (χ4v) is 3.49. The first-order chi connectivity index (χ1) is 15.4. The summed E-state index contributed by atoms with van der Waals surface area (Å²) < 4.78 is 28.1. The maximum absolute atomic E-state index is 14.0. The van der Waals surface area contributed by atoms with E-state index in [-0.39, 0.29) is 48.2 Å². The number of anilines is 1. The van der Waals surface area contributed by atoms with Gasteiger partial charge in [-0.1, -0.05) is 18.2 Å². The molecule has 1 heterocycles. The van der Waals surface area contributed by atoms with Crippen molar-refractivity contribution in [2.75, 3.05) is 31.6 Å². The Morgan fingerprint density at radius 2 is 1.79 bits per heavy atom. The third-order valence-electron chi connectivity index (χ3n) is 5.11. The Morgan fingerprint density at radius 1 is 1.12 bits per heavy atom. The number of halogens is 3. The van der Waals surface area contributed by atoms with Crippen molar-refractivity contribution in [1.29, 1.82) is 0 Å². The van der Waals surface area contributed by atoms with Gasteiger partial charge in [-0.2, -0.15) is 0 Å². The average Bonchev–Trinajstić information content (AvgIpc) is 3.23. The van der Waals surface area contributed by atoms with Crippen LogP contribution in [0.2, 0.25) is 0 Å². The van der Waals surface area contributed by atoms with Crippen LogP contribution in [-0.4, -0.2) is 50.5 Å². The Labute approximate surface area is 208 Å². The molecule has 1 unspecified atom stereocenters. The summed E-state index contributed by atoms with van der Waals surface area (Å²) in [5, 5.41) is 8.90. The molecule has 11 heteroatoms. The highest BCUT2D eigenvalue weighted by Gasteiger charge is 2.27. The van der Waals surface area contributed by atoms with Crippen LogP contribution in [0.5, 0.6) is 0 Å². The van der Waals surface area contributed by atoms with Crippen molar-refractivity contribution in [3.8, 4) is 0 Å². The van der Waals surface area contributed by atoms with Gasteiger partial charge in [-0.25, -0.2) is 8.78 Å². The number of rotatable bonds is 7. The van der Waals surface area contributed by atoms with Crippen LogP contribution in [0.1, 0.15) is 22.3 Å². The predicted octanol–water partition coefficient (Wildman–Crippen LogP) is 1.74. The summed E-state index contributed by atoms with van der Waals surface area (Å²) in [6.07, 6.45) is 0.712. The number of hydrogen-bond donors (Lipinski definition) is 4. The molecule has 1 saturated heterocycles. The fraction of sp³-hybridized carbons (Fsp3) is 0.318. The molecule has 0 aromatic heterocycles. The van der Waals surface area contributed by atoms with Crippen molar-refractivity contribution in [2.24, 2.45) is 10.7 Å². The van der Waals surface area contributed by atoms with Crippen molar-refractivity contribution in [3.05, 3.63) is 65.2 Å². The van der Waals surface area contributed by atoms with E-state index in [2.05, 4.69) is 20.9 Å². The third-order valence-corrected chi connectivity index (χ3v) is 5.11. The van der Waals surface area contributed by atoms with E-state index in [0.29, 0.717) is 37.6 Å². The summed E-state index contributed by atoms with van der Waals surface area (Å²) in [5.74, 6) is -1.56. The molecule has 5 N–H and O–H groups in total. The molecule has 33 heavy (non-hydrogen) atoms. The lowest BCUT2D eigenvalue weighted by atomic mass is 10.1. The maximum Gasteiger partial charge on any atom is 0.251 e. The highest BCUT2D eigenvalue weighted by atomic mass is 127. The van der Waals surface area contributed by atoms with E-state index in [0.717, 1.165) is 5.56 Å². The molecule has 1 atom stereocenters. The van der Waals surface area contributed by atoms with Gasteiger partial charge in [0.2, 0.25) is 5.91 Å². The number of nitrogens with one attached hydrogen (secondary N) is 3. The minimum Gasteiger partial charge on any atom is -0.368 e. The summed E-state index contributed by atoms with van der Waals surface area (Å²) in [6.45, 7) is 1.23. The quantitative estimate of drug-likeness (QED) is 0.230. The topological polar surface area (TPSA) is 112 Å². The van der Waals surface area contributed by atoms with E-state index in [1.807, 2.05) is 0 Å². The van der Waals surface area contributed by atoms with E-state index >= 15 is 0 Å². The lowest BCUT2D eigenvalue weighted by Gasteiger charge is -2.21. The summed E-state index contributed by atoms with van der Waals surface area (Å²) in [4.78, 5) is 28.6. The van der Waals surface area contributed by atoms with Crippen LogP contribution in [0.15, 0.2) is 47.5 Å². The molecule has 0 saturated carbocycles. The van der Waals surface area contributed by atoms with Crippen molar-refractivity contribution < 1.29 is 18.4 Å². The van der Waals surface area contributed by atoms with Gasteiger partial charge in [0.1, 0.15) is 17.3 Å². The molecular formula is C22H27F2IN6O2. The van der Waals surface area contributed by atoms with Gasteiger partial charge in [0.25, 0.3) is 5.91 Å². The summed E-state index contributed by atoms with van der Waals surface area (Å²) >= 11 is 0. The molecule has 2 aromatic rings. The smallest absolute Gasteiger partial charge is 0.251 e. The van der Waals surface area contributed by atoms with Gasteiger partial charge in [-0.3, -0.25) is 14.6 Å². The largest absolute Gasteiger partial charge is 0.368 e. The first-order valence-corrected chi connectivity index (χ1v) is 10.2. The molecule has 0 spiro atoms. The molecule has 2 amide bonds. The lowest BCUT2D eigenvalue weighted by molar-refractivity contribution is -0.117. The average molecular weight is 572 g/mol. The molecule has 2 aromatic carbocycles. The van der Waals surface area contributed by atoms with Crippen molar-refractivity contribution >= 4 is 47.4 Å². The normalized spacial score (nSPS) is 15.5. The second-order valence-electron chi connectivity index (χ2n) is 7.42. The number of aliphatic imine (C=N–C) groups is 1. The highest BCUT2D eigenvalue weighted by Crippen LogP contribution is 2.26. The number of primary amides is 1. The third kappa shape index (κ3) is 7.27. The number of amides is 2. The SMILES string of the molecule is CN=C(NCc1ccc(C(=O)NCC(N)=O)cc1)NC1CCN(c2c(F)cccc2F)C1.I. The Kier molecular flexibility index (Phi) is 9.82. The van der Waals surface area contributed by atoms with E-state index in [1.54, 1.807) is 36.2 Å². The summed E-state index contributed by atoms with van der Waals surface area (Å²) in [7, 11) is 1.64. The number of carbonyl (C=O) groups excluding carboxylic acids is 2. The first kappa shape index (κ1) is 26.3. The van der Waals surface area contributed by atoms with Crippen LogP contribution in [0.4, 0.5) is 14.5 Å². The molecule has 1 aliphatic heterocycles. The highest BCUT2D eigenvalue weighted by molar-refractivity contribution is 14.0. The van der Waals surface area contributed by atoms with Crippen LogP contribution in [0, 0.1) is 11.6 Å². The van der Waals surface area contributed by atoms with E-state index in [4.69, 9.17) is 5.73 Å². The van der Waals surface area contributed by atoms with E-state index in [1.165, 1.54) is 18.2 Å². The number of benzene rings is 2. The van der Waals surface area contributed by atoms with Gasteiger partial charge >= 0.3 is 0 Å². The van der Waals surface area contributed by atoms with Crippen LogP contribution < -0.4 is 26.6 Å². The summed E-state index contributed by atoms with van der Waals surface area (Å²) in [6, 6.07) is 10.7. The van der Waals surface area contributed by atoms with E-state index < -0.39 is 17.5 Å². The van der Waals surface area contributed by atoms with E-state index in [9.17, 15) is 18.4 Å². The van der Waals surface area contributed by atoms with Crippen molar-refractivity contribution in [1.82, 2.24) is 16.0 Å². The van der Waals surface area contributed by atoms with Gasteiger partial charge in [0.15, 0.2) is 5.96 Å². The van der Waals surface area contributed by atoms with Crippen molar-refractivity contribution in [3.63, 3.8) is 0 Å². The minimum absolute atomic E-state index is 0. The predicted molar refractivity (Wildman–Crippen MR) is 134 cm³/mol. The number of hydrogen-bond acceptors (Lipinski definition) is 4. The molecular weight excluding hydrogens is 545 g/mol. The number of nitrogens with two attached hydrogens (primary N) is 1. The van der Waals surface area contributed by atoms with Gasteiger partial charge in [0, 0.05) is 38.3 Å². The lowest BCUT2D eigenvalue weighted by Crippen LogP contribution is -2.44. The van der Waals surface area contributed by atoms with Gasteiger partial charge in [-0.05, 0) is 36.2 Å². The molecule has 178 valence electrons. The number of nitrogens with zero attached hydrogens (tertiary/aromatic N) is 2. The van der Waals surface area contributed by atoms with Crippen LogP contribution in [0.25, 0.3) is 0 Å². The summed E-state index contributed by atoms with van der Waals surface area (Å²) in [5.41, 5.74) is 6.36. The fourth-order valence-electron chi connectivity index (χ4n) is 3.49. The molecule has 0 aliphatic carbocycles. The van der Waals surface area contributed by atoms with Crippen LogP contribution >= 0.6 is 24.0 Å². The molecule has 3 rings (SSSR count). The molecule has 8 nitrogen and oxygen atoms in total. The number of para-hydroxylation sites is 1. The number of guanidine groups is 1. The van der Waals surface area contributed by atoms with Crippen molar-refractivity contribution in [2.45, 2.75) is 19.0 Å².